The molecule has 0 bridgehead atoms. The highest BCUT2D eigenvalue weighted by Gasteiger charge is 2.22. The van der Waals surface area contributed by atoms with Crippen LogP contribution in [-0.2, 0) is 9.59 Å². The van der Waals surface area contributed by atoms with Gasteiger partial charge in [0.25, 0.3) is 0 Å². The average molecular weight is 385 g/mol. The molecule has 1 aromatic carbocycles. The molecule has 0 saturated heterocycles. The molecule has 2 N–H and O–H groups in total. The predicted molar refractivity (Wildman–Crippen MR) is 112 cm³/mol. The van der Waals surface area contributed by atoms with E-state index in [2.05, 4.69) is 6.92 Å². The van der Waals surface area contributed by atoms with Crippen LogP contribution in [0.25, 0.3) is 5.57 Å². The lowest BCUT2D eigenvalue weighted by Gasteiger charge is -2.12. The standard InChI is InChI=1S/C24H32O4/c1-2-3-6-10-23(26)19-14-12-18(13-15-19)22-17-21(25)16-20(22)9-7-4-5-8-11-24(27)28/h4,7,12-15,23,26H,2-3,5-6,8-11,16-17H2,1H3,(H,27,28)/b7-4-. The third-order valence-electron chi connectivity index (χ3n) is 5.23. The van der Waals surface area contributed by atoms with E-state index >= 15 is 0 Å². The van der Waals surface area contributed by atoms with Crippen LogP contribution in [0.1, 0.15) is 88.4 Å². The highest BCUT2D eigenvalue weighted by atomic mass is 16.4. The first-order valence-electron chi connectivity index (χ1n) is 10.4. The number of carboxylic acid groups (broad SMARTS) is 1. The van der Waals surface area contributed by atoms with Gasteiger partial charge in [0, 0.05) is 19.3 Å². The van der Waals surface area contributed by atoms with Gasteiger partial charge >= 0.3 is 5.97 Å². The molecule has 0 saturated carbocycles. The zero-order valence-corrected chi connectivity index (χ0v) is 16.8. The third kappa shape index (κ3) is 7.08. The van der Waals surface area contributed by atoms with Crippen LogP contribution in [-0.4, -0.2) is 22.0 Å². The van der Waals surface area contributed by atoms with Crippen LogP contribution in [0, 0.1) is 0 Å². The molecule has 28 heavy (non-hydrogen) atoms. The second-order valence-electron chi connectivity index (χ2n) is 7.57. The number of carbonyl (C=O) groups is 2. The topological polar surface area (TPSA) is 74.6 Å². The molecule has 0 radical (unpaired) electrons. The molecule has 1 atom stereocenters. The Hall–Kier alpha value is -2.20. The summed E-state index contributed by atoms with van der Waals surface area (Å²) in [5.41, 5.74) is 4.25. The Morgan fingerprint density at radius 1 is 1.11 bits per heavy atom. The average Bonchev–Trinajstić information content (AvgIpc) is 3.05. The fourth-order valence-corrected chi connectivity index (χ4v) is 3.61. The molecule has 0 amide bonds. The molecule has 1 aliphatic carbocycles. The number of aliphatic hydroxyl groups excluding tert-OH is 1. The van der Waals surface area contributed by atoms with Gasteiger partial charge in [-0.1, -0.05) is 68.2 Å². The largest absolute Gasteiger partial charge is 0.481 e. The Kier molecular flexibility index (Phi) is 9.15. The monoisotopic (exact) mass is 384 g/mol. The van der Waals surface area contributed by atoms with Gasteiger partial charge in [0.15, 0.2) is 0 Å². The van der Waals surface area contributed by atoms with Crippen molar-refractivity contribution in [3.63, 3.8) is 0 Å². The highest BCUT2D eigenvalue weighted by molar-refractivity contribution is 5.98. The lowest BCUT2D eigenvalue weighted by atomic mass is 9.96. The van der Waals surface area contributed by atoms with Crippen molar-refractivity contribution in [2.24, 2.45) is 0 Å². The number of hydrogen-bond donors (Lipinski definition) is 2. The maximum atomic E-state index is 12.0. The van der Waals surface area contributed by atoms with Crippen molar-refractivity contribution in [1.29, 1.82) is 0 Å². The van der Waals surface area contributed by atoms with Gasteiger partial charge in [-0.15, -0.1) is 0 Å². The van der Waals surface area contributed by atoms with Gasteiger partial charge in [0.05, 0.1) is 6.10 Å². The van der Waals surface area contributed by atoms with Crippen LogP contribution in [0.15, 0.2) is 42.0 Å². The van der Waals surface area contributed by atoms with E-state index in [1.54, 1.807) is 0 Å². The molecule has 1 aliphatic rings. The number of benzene rings is 1. The number of Topliss-reactive ketones (excluding diaryl/α,β-unsaturated/α-hetero) is 1. The zero-order valence-electron chi connectivity index (χ0n) is 16.8. The minimum atomic E-state index is -0.765. The Balaban J connectivity index is 1.98. The van der Waals surface area contributed by atoms with Crippen molar-refractivity contribution in [2.45, 2.75) is 77.2 Å². The van der Waals surface area contributed by atoms with Gasteiger partial charge in [-0.3, -0.25) is 9.59 Å². The molecule has 2 rings (SSSR count). The first kappa shape index (κ1) is 22.1. The van der Waals surface area contributed by atoms with Crippen molar-refractivity contribution < 1.29 is 19.8 Å². The smallest absolute Gasteiger partial charge is 0.303 e. The summed E-state index contributed by atoms with van der Waals surface area (Å²) in [7, 11) is 0. The molecule has 0 aromatic heterocycles. The molecule has 1 aromatic rings. The number of hydrogen-bond acceptors (Lipinski definition) is 3. The number of allylic oxidation sites excluding steroid dienone is 4. The summed E-state index contributed by atoms with van der Waals surface area (Å²) < 4.78 is 0. The molecule has 4 nitrogen and oxygen atoms in total. The molecule has 0 heterocycles. The van der Waals surface area contributed by atoms with Gasteiger partial charge in [-0.05, 0) is 42.4 Å². The number of carbonyl (C=O) groups excluding carboxylic acids is 1. The number of aliphatic carboxylic acids is 1. The Labute approximate surface area is 168 Å². The highest BCUT2D eigenvalue weighted by Crippen LogP contribution is 2.34. The number of unbranched alkanes of at least 4 members (excludes halogenated alkanes) is 3. The lowest BCUT2D eigenvalue weighted by Crippen LogP contribution is -1.98. The molecular weight excluding hydrogens is 352 g/mol. The lowest BCUT2D eigenvalue weighted by molar-refractivity contribution is -0.137. The van der Waals surface area contributed by atoms with Gasteiger partial charge in [-0.25, -0.2) is 0 Å². The summed E-state index contributed by atoms with van der Waals surface area (Å²) in [5.74, 6) is -0.522. The number of ketones is 1. The fraction of sp³-hybridized carbons (Fsp3) is 0.500. The molecule has 152 valence electrons. The second kappa shape index (κ2) is 11.6. The number of aliphatic hydroxyl groups is 1. The maximum Gasteiger partial charge on any atom is 0.303 e. The Morgan fingerprint density at radius 3 is 2.54 bits per heavy atom. The number of rotatable bonds is 12. The Bertz CT molecular complexity index is 713. The van der Waals surface area contributed by atoms with Crippen molar-refractivity contribution in [3.05, 3.63) is 53.1 Å². The van der Waals surface area contributed by atoms with Crippen LogP contribution in [0.5, 0.6) is 0 Å². The van der Waals surface area contributed by atoms with E-state index in [-0.39, 0.29) is 12.2 Å². The van der Waals surface area contributed by atoms with Crippen LogP contribution in [0.2, 0.25) is 0 Å². The van der Waals surface area contributed by atoms with E-state index in [0.29, 0.717) is 19.3 Å². The van der Waals surface area contributed by atoms with E-state index < -0.39 is 12.1 Å². The van der Waals surface area contributed by atoms with Crippen LogP contribution in [0.4, 0.5) is 0 Å². The van der Waals surface area contributed by atoms with E-state index in [1.165, 1.54) is 0 Å². The quantitative estimate of drug-likeness (QED) is 0.362. The molecule has 1 unspecified atom stereocenters. The van der Waals surface area contributed by atoms with Gasteiger partial charge < -0.3 is 10.2 Å². The molecule has 4 heteroatoms. The van der Waals surface area contributed by atoms with Gasteiger partial charge in [0.1, 0.15) is 5.78 Å². The summed E-state index contributed by atoms with van der Waals surface area (Å²) in [4.78, 5) is 22.5. The summed E-state index contributed by atoms with van der Waals surface area (Å²) in [5, 5.41) is 19.0. The molecule has 0 fully saturated rings. The SMILES string of the molecule is CCCCCC(O)c1ccc(C2=C(C/C=C\CCCC(=O)O)CC(=O)C2)cc1. The van der Waals surface area contributed by atoms with Gasteiger partial charge in [0.2, 0.25) is 0 Å². The number of carboxylic acids is 1. The van der Waals surface area contributed by atoms with Crippen LogP contribution in [0.3, 0.4) is 0 Å². The van der Waals surface area contributed by atoms with E-state index in [4.69, 9.17) is 5.11 Å². The van der Waals surface area contributed by atoms with Crippen LogP contribution < -0.4 is 0 Å². The summed E-state index contributed by atoms with van der Waals surface area (Å²) in [6.07, 6.45) is 11.0. The van der Waals surface area contributed by atoms with Crippen molar-refractivity contribution in [3.8, 4) is 0 Å². The zero-order chi connectivity index (χ0) is 20.4. The predicted octanol–water partition coefficient (Wildman–Crippen LogP) is 5.62. The summed E-state index contributed by atoms with van der Waals surface area (Å²) >= 11 is 0. The molecule has 0 aliphatic heterocycles. The third-order valence-corrected chi connectivity index (χ3v) is 5.23. The summed E-state index contributed by atoms with van der Waals surface area (Å²) in [6.45, 7) is 2.15. The van der Waals surface area contributed by atoms with Crippen LogP contribution >= 0.6 is 0 Å². The van der Waals surface area contributed by atoms with E-state index in [0.717, 1.165) is 60.8 Å². The van der Waals surface area contributed by atoms with E-state index in [1.807, 2.05) is 36.4 Å². The van der Waals surface area contributed by atoms with Crippen molar-refractivity contribution in [1.82, 2.24) is 0 Å². The van der Waals surface area contributed by atoms with E-state index in [9.17, 15) is 14.7 Å². The second-order valence-corrected chi connectivity index (χ2v) is 7.57. The summed E-state index contributed by atoms with van der Waals surface area (Å²) in [6, 6.07) is 7.98. The molecular formula is C24H32O4. The normalized spacial score (nSPS) is 15.6. The van der Waals surface area contributed by atoms with Gasteiger partial charge in [-0.2, -0.15) is 0 Å². The minimum Gasteiger partial charge on any atom is -0.481 e. The molecule has 0 spiro atoms. The fourth-order valence-electron chi connectivity index (χ4n) is 3.61. The van der Waals surface area contributed by atoms with Crippen molar-refractivity contribution in [2.75, 3.05) is 0 Å². The minimum absolute atomic E-state index is 0.188. The maximum absolute atomic E-state index is 12.0. The Morgan fingerprint density at radius 2 is 1.86 bits per heavy atom. The first-order valence-corrected chi connectivity index (χ1v) is 10.4. The van der Waals surface area contributed by atoms with Crippen molar-refractivity contribution >= 4 is 17.3 Å². The first-order chi connectivity index (χ1) is 13.5.